The van der Waals surface area contributed by atoms with E-state index in [9.17, 15) is 4.79 Å². The monoisotopic (exact) mass is 337 g/mol. The van der Waals surface area contributed by atoms with Gasteiger partial charge in [0.1, 0.15) is 22.8 Å². The van der Waals surface area contributed by atoms with E-state index in [0.29, 0.717) is 38.8 Å². The molecule has 24 heavy (non-hydrogen) atoms. The summed E-state index contributed by atoms with van der Waals surface area (Å²) >= 11 is 5.95. The van der Waals surface area contributed by atoms with Gasteiger partial charge in [0.25, 0.3) is 0 Å². The van der Waals surface area contributed by atoms with Crippen LogP contribution in [-0.4, -0.2) is 5.16 Å². The summed E-state index contributed by atoms with van der Waals surface area (Å²) < 4.78 is 11.3. The largest absolute Gasteiger partial charge is 0.456 e. The molecular weight excluding hydrogens is 326 g/mol. The van der Waals surface area contributed by atoms with Gasteiger partial charge in [-0.05, 0) is 25.1 Å². The molecule has 0 aliphatic rings. The summed E-state index contributed by atoms with van der Waals surface area (Å²) in [6.07, 6.45) is 0. The summed E-state index contributed by atoms with van der Waals surface area (Å²) in [7, 11) is 0. The standard InChI is InChI=1S/C19H12ClNO3/c1-11-18(19(21-24-11)12-5-3-2-4-6-12)17-10-15(22)14-9-13(20)7-8-16(14)23-17/h2-10H,1H3. The van der Waals surface area contributed by atoms with Crippen LogP contribution in [0.5, 0.6) is 0 Å². The summed E-state index contributed by atoms with van der Waals surface area (Å²) in [6, 6.07) is 16.1. The molecule has 0 spiro atoms. The number of aromatic nitrogens is 1. The number of rotatable bonds is 2. The van der Waals surface area contributed by atoms with E-state index < -0.39 is 0 Å². The third-order valence-corrected chi connectivity index (χ3v) is 4.08. The lowest BCUT2D eigenvalue weighted by atomic mass is 10.0. The highest BCUT2D eigenvalue weighted by molar-refractivity contribution is 6.31. The first-order valence-electron chi connectivity index (χ1n) is 7.39. The zero-order valence-corrected chi connectivity index (χ0v) is 13.5. The lowest BCUT2D eigenvalue weighted by Crippen LogP contribution is -2.00. The van der Waals surface area contributed by atoms with Gasteiger partial charge in [-0.3, -0.25) is 4.79 Å². The Bertz CT molecular complexity index is 1100. The summed E-state index contributed by atoms with van der Waals surface area (Å²) in [5.74, 6) is 1.01. The average Bonchev–Trinajstić information content (AvgIpc) is 2.98. The maximum Gasteiger partial charge on any atom is 0.193 e. The highest BCUT2D eigenvalue weighted by Crippen LogP contribution is 2.34. The third kappa shape index (κ3) is 2.41. The minimum Gasteiger partial charge on any atom is -0.456 e. The molecular formula is C19H12ClNO3. The van der Waals surface area contributed by atoms with Gasteiger partial charge in [-0.2, -0.15) is 0 Å². The van der Waals surface area contributed by atoms with Crippen LogP contribution in [0.2, 0.25) is 5.02 Å². The molecule has 2 aromatic carbocycles. The molecule has 0 radical (unpaired) electrons. The first kappa shape index (κ1) is 14.7. The Morgan fingerprint density at radius 2 is 1.83 bits per heavy atom. The van der Waals surface area contributed by atoms with E-state index in [1.165, 1.54) is 6.07 Å². The van der Waals surface area contributed by atoms with Crippen molar-refractivity contribution in [2.24, 2.45) is 0 Å². The second-order valence-corrected chi connectivity index (χ2v) is 5.88. The van der Waals surface area contributed by atoms with E-state index >= 15 is 0 Å². The van der Waals surface area contributed by atoms with Crippen molar-refractivity contribution in [3.8, 4) is 22.6 Å². The maximum absolute atomic E-state index is 12.4. The normalized spacial score (nSPS) is 11.1. The van der Waals surface area contributed by atoms with Crippen LogP contribution in [0.25, 0.3) is 33.6 Å². The molecule has 5 heteroatoms. The van der Waals surface area contributed by atoms with Crippen molar-refractivity contribution in [2.75, 3.05) is 0 Å². The summed E-state index contributed by atoms with van der Waals surface area (Å²) in [4.78, 5) is 12.4. The molecule has 4 aromatic rings. The Balaban J connectivity index is 1.98. The van der Waals surface area contributed by atoms with Crippen LogP contribution in [0.4, 0.5) is 0 Å². The van der Waals surface area contributed by atoms with E-state index in [4.69, 9.17) is 20.5 Å². The van der Waals surface area contributed by atoms with Crippen molar-refractivity contribution < 1.29 is 8.94 Å². The lowest BCUT2D eigenvalue weighted by Gasteiger charge is -2.04. The van der Waals surface area contributed by atoms with Crippen LogP contribution in [0.15, 0.2) is 68.3 Å². The molecule has 4 rings (SSSR count). The number of aryl methyl sites for hydroxylation is 1. The van der Waals surface area contributed by atoms with E-state index in [2.05, 4.69) is 5.16 Å². The van der Waals surface area contributed by atoms with Crippen molar-refractivity contribution in [2.45, 2.75) is 6.92 Å². The molecule has 0 bridgehead atoms. The molecule has 0 saturated carbocycles. The average molecular weight is 338 g/mol. The Labute approximate surface area is 142 Å². The van der Waals surface area contributed by atoms with Crippen LogP contribution >= 0.6 is 11.6 Å². The second kappa shape index (κ2) is 5.65. The van der Waals surface area contributed by atoms with Gasteiger partial charge >= 0.3 is 0 Å². The Kier molecular flexibility index (Phi) is 3.47. The number of hydrogen-bond donors (Lipinski definition) is 0. The van der Waals surface area contributed by atoms with Crippen LogP contribution in [0, 0.1) is 6.92 Å². The minimum absolute atomic E-state index is 0.159. The molecule has 2 aromatic heterocycles. The highest BCUT2D eigenvalue weighted by Gasteiger charge is 2.20. The van der Waals surface area contributed by atoms with Crippen LogP contribution in [0.1, 0.15) is 5.76 Å². The SMILES string of the molecule is Cc1onc(-c2ccccc2)c1-c1cc(=O)c2cc(Cl)ccc2o1. The number of nitrogens with zero attached hydrogens (tertiary/aromatic N) is 1. The fourth-order valence-electron chi connectivity index (χ4n) is 2.71. The van der Waals surface area contributed by atoms with Gasteiger partial charge in [-0.1, -0.05) is 47.1 Å². The molecule has 0 aliphatic heterocycles. The highest BCUT2D eigenvalue weighted by atomic mass is 35.5. The second-order valence-electron chi connectivity index (χ2n) is 5.44. The summed E-state index contributed by atoms with van der Waals surface area (Å²) in [5, 5.41) is 5.07. The van der Waals surface area contributed by atoms with Gasteiger partial charge in [0.15, 0.2) is 5.43 Å². The van der Waals surface area contributed by atoms with E-state index in [0.717, 1.165) is 5.56 Å². The fraction of sp³-hybridized carbons (Fsp3) is 0.0526. The Morgan fingerprint density at radius 3 is 2.62 bits per heavy atom. The zero-order valence-electron chi connectivity index (χ0n) is 12.7. The van der Waals surface area contributed by atoms with Crippen molar-refractivity contribution in [1.82, 2.24) is 5.16 Å². The quantitative estimate of drug-likeness (QED) is 0.512. The molecule has 118 valence electrons. The fourth-order valence-corrected chi connectivity index (χ4v) is 2.88. The van der Waals surface area contributed by atoms with E-state index in [-0.39, 0.29) is 5.43 Å². The van der Waals surface area contributed by atoms with Gasteiger partial charge in [-0.15, -0.1) is 0 Å². The van der Waals surface area contributed by atoms with Crippen LogP contribution in [-0.2, 0) is 0 Å². The Hall–Kier alpha value is -2.85. The van der Waals surface area contributed by atoms with Crippen molar-refractivity contribution >= 4 is 22.6 Å². The number of hydrogen-bond acceptors (Lipinski definition) is 4. The smallest absolute Gasteiger partial charge is 0.193 e. The van der Waals surface area contributed by atoms with Crippen LogP contribution in [0.3, 0.4) is 0 Å². The molecule has 0 amide bonds. The topological polar surface area (TPSA) is 56.2 Å². The van der Waals surface area contributed by atoms with Gasteiger partial charge in [-0.25, -0.2) is 0 Å². The van der Waals surface area contributed by atoms with Crippen LogP contribution < -0.4 is 5.43 Å². The summed E-state index contributed by atoms with van der Waals surface area (Å²) in [6.45, 7) is 1.79. The molecule has 4 nitrogen and oxygen atoms in total. The van der Waals surface area contributed by atoms with Gasteiger partial charge in [0.05, 0.1) is 10.9 Å². The molecule has 0 unspecified atom stereocenters. The minimum atomic E-state index is -0.159. The number of fused-ring (bicyclic) bond motifs is 1. The number of benzene rings is 2. The molecule has 0 atom stereocenters. The van der Waals surface area contributed by atoms with Crippen molar-refractivity contribution in [1.29, 1.82) is 0 Å². The first-order chi connectivity index (χ1) is 11.6. The van der Waals surface area contributed by atoms with Crippen molar-refractivity contribution in [3.05, 3.63) is 75.6 Å². The number of halogens is 1. The lowest BCUT2D eigenvalue weighted by molar-refractivity contribution is 0.400. The molecule has 2 heterocycles. The van der Waals surface area contributed by atoms with Gasteiger partial charge in [0.2, 0.25) is 0 Å². The molecule has 0 fully saturated rings. The van der Waals surface area contributed by atoms with Gasteiger partial charge in [0, 0.05) is 16.7 Å². The zero-order chi connectivity index (χ0) is 16.7. The summed E-state index contributed by atoms with van der Waals surface area (Å²) in [5.41, 5.74) is 2.53. The molecule has 0 N–H and O–H groups in total. The Morgan fingerprint density at radius 1 is 1.04 bits per heavy atom. The molecule has 0 saturated heterocycles. The van der Waals surface area contributed by atoms with Gasteiger partial charge < -0.3 is 8.94 Å². The van der Waals surface area contributed by atoms with E-state index in [1.54, 1.807) is 25.1 Å². The molecule has 0 aliphatic carbocycles. The van der Waals surface area contributed by atoms with Crippen molar-refractivity contribution in [3.63, 3.8) is 0 Å². The third-order valence-electron chi connectivity index (χ3n) is 3.85. The maximum atomic E-state index is 12.4. The predicted octanol–water partition coefficient (Wildman–Crippen LogP) is 5.08. The predicted molar refractivity (Wildman–Crippen MR) is 93.2 cm³/mol. The van der Waals surface area contributed by atoms with E-state index in [1.807, 2.05) is 30.3 Å². The first-order valence-corrected chi connectivity index (χ1v) is 7.77.